The van der Waals surface area contributed by atoms with Gasteiger partial charge in [0.05, 0.1) is 35.2 Å². The van der Waals surface area contributed by atoms with Crippen molar-refractivity contribution in [2.24, 2.45) is 0 Å². The first-order chi connectivity index (χ1) is 39.5. The molecule has 85 heavy (non-hydrogen) atoms. The average Bonchev–Trinajstić information content (AvgIpc) is 1.83. The van der Waals surface area contributed by atoms with E-state index in [4.69, 9.17) is 21.3 Å². The van der Waals surface area contributed by atoms with Gasteiger partial charge in [-0.05, 0) is 83.1 Å². The Kier molecular flexibility index (Phi) is 20.2. The van der Waals surface area contributed by atoms with E-state index in [2.05, 4.69) is 283 Å². The summed E-state index contributed by atoms with van der Waals surface area (Å²) in [5, 5.41) is 29.1. The smallest absolute Gasteiger partial charge is 0.647 e. The SMILES string of the molecule is CC1=CC(C)([N-]C2([SiH](C)c3ccccc3)CC2)C(C)=C1C.CC1=CC(C)([N-]C2([SiH](C)c3ccccc3)CC2)C(C)=C1C.CC1=CC(C)([N-]C2([SiH](C)c3ccccc3)CC2)C(C)=C1C.CC1=CC(C)([N-]C2([SiH](C)c3ccccc3)CC2)C(C)=C1C.[Ti+4]. The van der Waals surface area contributed by atoms with Crippen LogP contribution in [-0.4, -0.2) is 78.0 Å². The summed E-state index contributed by atoms with van der Waals surface area (Å²) in [4.78, 5) is 0. The van der Waals surface area contributed by atoms with E-state index in [1.54, 1.807) is 20.7 Å². The fourth-order valence-corrected chi connectivity index (χ4v) is 26.4. The Morgan fingerprint density at radius 1 is 0.271 bits per heavy atom. The topological polar surface area (TPSA) is 56.4 Å². The molecular weight excluding hydrogens is 1130 g/mol. The van der Waals surface area contributed by atoms with Crippen LogP contribution in [0.5, 0.6) is 0 Å². The Labute approximate surface area is 538 Å². The third kappa shape index (κ3) is 13.9. The molecule has 4 aromatic carbocycles. The van der Waals surface area contributed by atoms with Crippen LogP contribution < -0.4 is 20.7 Å². The number of benzene rings is 4. The van der Waals surface area contributed by atoms with E-state index >= 15 is 0 Å². The Balaban J connectivity index is 0.000000147. The second-order valence-corrected chi connectivity index (χ2v) is 41.0. The molecule has 0 saturated heterocycles. The Bertz CT molecular complexity index is 2890. The van der Waals surface area contributed by atoms with Gasteiger partial charge in [-0.25, -0.2) is 0 Å². The van der Waals surface area contributed by atoms with E-state index in [-0.39, 0.29) is 64.5 Å². The molecule has 0 aliphatic heterocycles. The van der Waals surface area contributed by atoms with Crippen molar-refractivity contribution in [3.63, 3.8) is 0 Å². The maximum Gasteiger partial charge on any atom is 4.00 e. The molecule has 8 aliphatic rings. The monoisotopic (exact) mass is 1230 g/mol. The maximum absolute atomic E-state index is 5.44. The van der Waals surface area contributed by atoms with E-state index < -0.39 is 35.2 Å². The minimum Gasteiger partial charge on any atom is -0.647 e. The molecule has 0 amide bonds. The van der Waals surface area contributed by atoms with Gasteiger partial charge in [0, 0.05) is 0 Å². The predicted molar refractivity (Wildman–Crippen MR) is 380 cm³/mol. The first kappa shape index (κ1) is 67.2. The fourth-order valence-electron chi connectivity index (χ4n) is 14.9. The molecule has 448 valence electrons. The third-order valence-corrected chi connectivity index (χ3v) is 37.7. The maximum atomic E-state index is 5.44. The Morgan fingerprint density at radius 3 is 0.541 bits per heavy atom. The molecule has 0 aromatic heterocycles. The van der Waals surface area contributed by atoms with Crippen LogP contribution in [-0.2, 0) is 21.7 Å². The molecule has 4 saturated carbocycles. The average molecular weight is 1230 g/mol. The molecule has 4 nitrogen and oxygen atoms in total. The molecule has 0 heterocycles. The second kappa shape index (κ2) is 25.6. The summed E-state index contributed by atoms with van der Waals surface area (Å²) >= 11 is 0. The number of allylic oxidation sites excluding steroid dienone is 8. The summed E-state index contributed by atoms with van der Waals surface area (Å²) in [5.74, 6) is 0. The zero-order chi connectivity index (χ0) is 61.0. The molecule has 0 bridgehead atoms. The fraction of sp³-hybridized carbons (Fsp3) is 0.474. The van der Waals surface area contributed by atoms with E-state index in [1.165, 1.54) is 118 Å². The zero-order valence-electron chi connectivity index (χ0n) is 56.1. The van der Waals surface area contributed by atoms with Crippen molar-refractivity contribution in [1.29, 1.82) is 0 Å². The summed E-state index contributed by atoms with van der Waals surface area (Å²) in [5.41, 5.74) is 16.9. The van der Waals surface area contributed by atoms with Crippen LogP contribution >= 0.6 is 0 Å². The van der Waals surface area contributed by atoms with Crippen LogP contribution in [0.1, 0.15) is 162 Å². The van der Waals surface area contributed by atoms with Gasteiger partial charge in [-0.3, -0.25) is 0 Å². The molecule has 4 aromatic rings. The number of hydrogen-bond acceptors (Lipinski definition) is 0. The van der Waals surface area contributed by atoms with Crippen LogP contribution in [0.3, 0.4) is 0 Å². The molecular formula is C76H104N4Si4Ti. The summed E-state index contributed by atoms with van der Waals surface area (Å²) in [6.45, 7) is 46.0. The van der Waals surface area contributed by atoms with Gasteiger partial charge in [-0.2, -0.15) is 0 Å². The minimum atomic E-state index is -1.04. The Hall–Kier alpha value is -3.78. The minimum absolute atomic E-state index is 0. The summed E-state index contributed by atoms with van der Waals surface area (Å²) in [6.07, 6.45) is 19.8. The van der Waals surface area contributed by atoms with Gasteiger partial charge in [0.1, 0.15) is 0 Å². The van der Waals surface area contributed by atoms with Crippen molar-refractivity contribution in [1.82, 2.24) is 0 Å². The molecule has 8 atom stereocenters. The summed E-state index contributed by atoms with van der Waals surface area (Å²) < 4.78 is 0. The van der Waals surface area contributed by atoms with E-state index in [9.17, 15) is 0 Å². The molecule has 8 aliphatic carbocycles. The van der Waals surface area contributed by atoms with Gasteiger partial charge in [-0.1, -0.05) is 361 Å². The standard InChI is InChI=1S/4C19H26NSi.Ti/c4*1-14-13-18(4,16(3)15(14)2)20-19(11-12-19)21(5)17-9-7-6-8-10-17;/h4*6-10,13,21H,11-12H2,1-5H3;/q4*-1;+4. The molecule has 0 radical (unpaired) electrons. The van der Waals surface area contributed by atoms with Gasteiger partial charge in [0.15, 0.2) is 0 Å². The largest absolute Gasteiger partial charge is 4.00 e. The quantitative estimate of drug-likeness (QED) is 0.100. The summed E-state index contributed by atoms with van der Waals surface area (Å²) in [6, 6.07) is 44.3. The van der Waals surface area contributed by atoms with Crippen LogP contribution in [0.4, 0.5) is 0 Å². The van der Waals surface area contributed by atoms with Gasteiger partial charge >= 0.3 is 21.7 Å². The molecule has 12 rings (SSSR count). The molecule has 0 N–H and O–H groups in total. The number of nitrogens with zero attached hydrogens (tertiary/aromatic N) is 4. The normalized spacial score (nSPS) is 28.2. The van der Waals surface area contributed by atoms with Crippen molar-refractivity contribution in [3.8, 4) is 0 Å². The van der Waals surface area contributed by atoms with Crippen LogP contribution in [0, 0.1) is 0 Å². The van der Waals surface area contributed by atoms with Crippen molar-refractivity contribution >= 4 is 55.9 Å². The van der Waals surface area contributed by atoms with Crippen molar-refractivity contribution < 1.29 is 21.7 Å². The Morgan fingerprint density at radius 2 is 0.424 bits per heavy atom. The third-order valence-electron chi connectivity index (χ3n) is 22.9. The van der Waals surface area contributed by atoms with Crippen molar-refractivity contribution in [3.05, 3.63) is 234 Å². The van der Waals surface area contributed by atoms with E-state index in [0.717, 1.165) is 0 Å². The first-order valence-electron chi connectivity index (χ1n) is 32.2. The zero-order valence-corrected chi connectivity index (χ0v) is 62.3. The second-order valence-electron chi connectivity index (χ2n) is 28.3. The van der Waals surface area contributed by atoms with Crippen LogP contribution in [0.2, 0.25) is 26.2 Å². The van der Waals surface area contributed by atoms with Crippen LogP contribution in [0.15, 0.2) is 213 Å². The number of hydrogen-bond donors (Lipinski definition) is 0. The van der Waals surface area contributed by atoms with Gasteiger partial charge in [-0.15, -0.1) is 20.6 Å². The molecule has 8 unspecified atom stereocenters. The van der Waals surface area contributed by atoms with Crippen molar-refractivity contribution in [2.75, 3.05) is 0 Å². The van der Waals surface area contributed by atoms with Gasteiger partial charge in [0.2, 0.25) is 0 Å². The first-order valence-corrected chi connectivity index (χ1v) is 41.4. The molecule has 4 fully saturated rings. The molecule has 9 heteroatoms. The van der Waals surface area contributed by atoms with E-state index in [0.29, 0.717) is 0 Å². The number of rotatable bonds is 16. The van der Waals surface area contributed by atoms with Gasteiger partial charge < -0.3 is 21.3 Å². The van der Waals surface area contributed by atoms with E-state index in [1.807, 2.05) is 0 Å². The van der Waals surface area contributed by atoms with Crippen LogP contribution in [0.25, 0.3) is 21.3 Å². The van der Waals surface area contributed by atoms with Crippen molar-refractivity contribution in [2.45, 2.75) is 231 Å². The van der Waals surface area contributed by atoms with Gasteiger partial charge in [0.25, 0.3) is 0 Å². The molecule has 0 spiro atoms. The summed E-state index contributed by atoms with van der Waals surface area (Å²) in [7, 11) is -4.18. The predicted octanol–water partition coefficient (Wildman–Crippen LogP) is 17.0.